The molecule has 10 heteroatoms. The van der Waals surface area contributed by atoms with E-state index in [0.717, 1.165) is 37.0 Å². The van der Waals surface area contributed by atoms with Crippen LogP contribution in [0.25, 0.3) is 0 Å². The largest absolute Gasteiger partial charge is 0.378 e. The Morgan fingerprint density at radius 2 is 1.66 bits per heavy atom. The van der Waals surface area contributed by atoms with Gasteiger partial charge in [0.2, 0.25) is 11.9 Å². The lowest BCUT2D eigenvalue weighted by Gasteiger charge is -2.27. The maximum absolute atomic E-state index is 12.9. The van der Waals surface area contributed by atoms with E-state index < -0.39 is 0 Å². The van der Waals surface area contributed by atoms with Gasteiger partial charge < -0.3 is 15.0 Å². The Kier molecular flexibility index (Phi) is 5.62. The maximum atomic E-state index is 12.9. The quantitative estimate of drug-likeness (QED) is 0.412. The summed E-state index contributed by atoms with van der Waals surface area (Å²) in [4.78, 5) is 40.6. The Hall–Kier alpha value is -3.50. The SMILES string of the molecule is O=C(CSc1nnc(N2CCOCC2)n1C1CC1)Nc1ccc2c(c1)C(=O)c1ccccc1C2=O. The molecule has 0 bridgehead atoms. The summed E-state index contributed by atoms with van der Waals surface area (Å²) in [5, 5.41) is 12.3. The molecule has 1 saturated heterocycles. The second-order valence-electron chi connectivity index (χ2n) is 8.78. The number of carbonyl (C=O) groups excluding carboxylic acids is 3. The molecule has 1 aliphatic heterocycles. The molecule has 0 spiro atoms. The Bertz CT molecular complexity index is 1340. The molecule has 0 radical (unpaired) electrons. The fourth-order valence-corrected chi connectivity index (χ4v) is 5.30. The van der Waals surface area contributed by atoms with Crippen molar-refractivity contribution in [3.05, 3.63) is 64.7 Å². The number of aromatic nitrogens is 3. The minimum atomic E-state index is -0.219. The molecular weight excluding hydrogens is 466 g/mol. The fraction of sp³-hybridized carbons (Fsp3) is 0.320. The van der Waals surface area contributed by atoms with Crippen molar-refractivity contribution >= 4 is 40.9 Å². The Morgan fingerprint density at radius 3 is 2.37 bits per heavy atom. The van der Waals surface area contributed by atoms with E-state index >= 15 is 0 Å². The number of amides is 1. The molecule has 1 saturated carbocycles. The third-order valence-electron chi connectivity index (χ3n) is 6.39. The number of ether oxygens (including phenoxy) is 1. The highest BCUT2D eigenvalue weighted by atomic mass is 32.2. The van der Waals surface area contributed by atoms with Crippen LogP contribution in [0.1, 0.15) is 50.7 Å². The summed E-state index contributed by atoms with van der Waals surface area (Å²) >= 11 is 1.35. The van der Waals surface area contributed by atoms with Crippen molar-refractivity contribution < 1.29 is 19.1 Å². The van der Waals surface area contributed by atoms with E-state index in [0.29, 0.717) is 47.2 Å². The number of anilines is 2. The standard InChI is InChI=1S/C25H23N5O4S/c31-21(14-35-25-28-27-24(30(25)16-6-7-16)29-9-11-34-12-10-29)26-15-5-8-19-20(13-15)23(33)18-4-2-1-3-17(18)22(19)32/h1-5,8,13,16H,6-7,9-12,14H2,(H,26,31). The number of rotatable bonds is 6. The van der Waals surface area contributed by atoms with Crippen molar-refractivity contribution in [1.29, 1.82) is 0 Å². The summed E-state index contributed by atoms with van der Waals surface area (Å²) in [7, 11) is 0. The first-order valence-electron chi connectivity index (χ1n) is 11.6. The number of carbonyl (C=O) groups is 3. The highest BCUT2D eigenvalue weighted by molar-refractivity contribution is 7.99. The highest BCUT2D eigenvalue weighted by Crippen LogP contribution is 2.41. The van der Waals surface area contributed by atoms with E-state index in [2.05, 4.69) is 25.0 Å². The van der Waals surface area contributed by atoms with Gasteiger partial charge in [0.15, 0.2) is 16.7 Å². The molecular formula is C25H23N5O4S. The molecule has 1 amide bonds. The van der Waals surface area contributed by atoms with E-state index in [1.807, 2.05) is 0 Å². The van der Waals surface area contributed by atoms with Crippen molar-refractivity contribution in [3.63, 3.8) is 0 Å². The van der Waals surface area contributed by atoms with Crippen molar-refractivity contribution in [2.75, 3.05) is 42.3 Å². The van der Waals surface area contributed by atoms with Crippen LogP contribution in [0.3, 0.4) is 0 Å². The molecule has 6 rings (SSSR count). The van der Waals surface area contributed by atoms with Gasteiger partial charge in [-0.1, -0.05) is 36.0 Å². The zero-order valence-electron chi connectivity index (χ0n) is 18.9. The lowest BCUT2D eigenvalue weighted by molar-refractivity contribution is -0.113. The third-order valence-corrected chi connectivity index (χ3v) is 7.34. The molecule has 1 aromatic heterocycles. The van der Waals surface area contributed by atoms with Crippen molar-refractivity contribution in [2.45, 2.75) is 24.0 Å². The van der Waals surface area contributed by atoms with Gasteiger partial charge in [-0.2, -0.15) is 0 Å². The summed E-state index contributed by atoms with van der Waals surface area (Å²) in [6, 6.07) is 12.0. The van der Waals surface area contributed by atoms with Crippen LogP contribution in [0.4, 0.5) is 11.6 Å². The zero-order chi connectivity index (χ0) is 23.9. The first-order chi connectivity index (χ1) is 17.1. The van der Waals surface area contributed by atoms with Crippen LogP contribution in [0.5, 0.6) is 0 Å². The number of ketones is 2. The van der Waals surface area contributed by atoms with Crippen LogP contribution < -0.4 is 10.2 Å². The summed E-state index contributed by atoms with van der Waals surface area (Å²) in [5.74, 6) is 0.383. The second-order valence-corrected chi connectivity index (χ2v) is 9.73. The number of thioether (sulfide) groups is 1. The monoisotopic (exact) mass is 489 g/mol. The number of hydrogen-bond acceptors (Lipinski definition) is 8. The van der Waals surface area contributed by atoms with Gasteiger partial charge >= 0.3 is 0 Å². The molecule has 1 N–H and O–H groups in total. The minimum Gasteiger partial charge on any atom is -0.378 e. The van der Waals surface area contributed by atoms with Crippen LogP contribution >= 0.6 is 11.8 Å². The number of fused-ring (bicyclic) bond motifs is 2. The van der Waals surface area contributed by atoms with Crippen molar-refractivity contribution in [2.24, 2.45) is 0 Å². The average molecular weight is 490 g/mol. The fourth-order valence-electron chi connectivity index (χ4n) is 4.50. The third kappa shape index (κ3) is 4.12. The van der Waals surface area contributed by atoms with Gasteiger partial charge in [-0.25, -0.2) is 0 Å². The summed E-state index contributed by atoms with van der Waals surface area (Å²) in [5.41, 5.74) is 1.94. The summed E-state index contributed by atoms with van der Waals surface area (Å²) in [6.07, 6.45) is 2.17. The second kappa shape index (κ2) is 8.94. The number of hydrogen-bond donors (Lipinski definition) is 1. The molecule has 0 unspecified atom stereocenters. The van der Waals surface area contributed by atoms with Crippen LogP contribution in [-0.2, 0) is 9.53 Å². The van der Waals surface area contributed by atoms with Crippen molar-refractivity contribution in [3.8, 4) is 0 Å². The van der Waals surface area contributed by atoms with Crippen LogP contribution in [0.2, 0.25) is 0 Å². The molecule has 2 aromatic carbocycles. The predicted molar refractivity (Wildman–Crippen MR) is 130 cm³/mol. The van der Waals surface area contributed by atoms with Gasteiger partial charge in [-0.3, -0.25) is 19.0 Å². The van der Waals surface area contributed by atoms with Gasteiger partial charge in [-0.05, 0) is 31.0 Å². The highest BCUT2D eigenvalue weighted by Gasteiger charge is 2.33. The number of nitrogens with zero attached hydrogens (tertiary/aromatic N) is 4. The van der Waals surface area contributed by atoms with E-state index in [9.17, 15) is 14.4 Å². The predicted octanol–water partition coefficient (Wildman–Crippen LogP) is 2.96. The normalized spacial score (nSPS) is 17.2. The zero-order valence-corrected chi connectivity index (χ0v) is 19.7. The maximum Gasteiger partial charge on any atom is 0.234 e. The number of morpholine rings is 1. The van der Waals surface area contributed by atoms with Gasteiger partial charge in [-0.15, -0.1) is 10.2 Å². The van der Waals surface area contributed by atoms with Gasteiger partial charge in [0, 0.05) is 47.1 Å². The smallest absolute Gasteiger partial charge is 0.234 e. The van der Waals surface area contributed by atoms with Crippen LogP contribution in [-0.4, -0.2) is 64.3 Å². The minimum absolute atomic E-state index is 0.154. The lowest BCUT2D eigenvalue weighted by Crippen LogP contribution is -2.38. The first kappa shape index (κ1) is 22.0. The molecule has 2 aliphatic carbocycles. The molecule has 2 fully saturated rings. The van der Waals surface area contributed by atoms with E-state index in [1.54, 1.807) is 42.5 Å². The molecule has 9 nitrogen and oxygen atoms in total. The first-order valence-corrected chi connectivity index (χ1v) is 12.6. The summed E-state index contributed by atoms with van der Waals surface area (Å²) in [6.45, 7) is 2.89. The van der Waals surface area contributed by atoms with Crippen molar-refractivity contribution in [1.82, 2.24) is 14.8 Å². The van der Waals surface area contributed by atoms with Gasteiger partial charge in [0.1, 0.15) is 0 Å². The molecule has 0 atom stereocenters. The Labute approximate surface area is 205 Å². The number of benzene rings is 2. The van der Waals surface area contributed by atoms with Crippen LogP contribution in [0, 0.1) is 0 Å². The molecule has 3 aromatic rings. The molecule has 3 aliphatic rings. The molecule has 35 heavy (non-hydrogen) atoms. The lowest BCUT2D eigenvalue weighted by atomic mass is 9.84. The Morgan fingerprint density at radius 1 is 0.971 bits per heavy atom. The Balaban J connectivity index is 1.15. The van der Waals surface area contributed by atoms with E-state index in [4.69, 9.17) is 4.74 Å². The topological polar surface area (TPSA) is 106 Å². The molecule has 178 valence electrons. The van der Waals surface area contributed by atoms with Crippen LogP contribution in [0.15, 0.2) is 47.6 Å². The average Bonchev–Trinajstić information content (AvgIpc) is 3.65. The van der Waals surface area contributed by atoms with Gasteiger partial charge in [0.05, 0.1) is 19.0 Å². The number of nitrogens with one attached hydrogen (secondary N) is 1. The molecule has 2 heterocycles. The van der Waals surface area contributed by atoms with Gasteiger partial charge in [0.25, 0.3) is 0 Å². The van der Waals surface area contributed by atoms with E-state index in [1.165, 1.54) is 11.8 Å². The summed E-state index contributed by atoms with van der Waals surface area (Å²) < 4.78 is 7.59. The van der Waals surface area contributed by atoms with E-state index in [-0.39, 0.29) is 23.2 Å².